The molecule has 0 fully saturated rings. The lowest BCUT2D eigenvalue weighted by atomic mass is 10.00. The summed E-state index contributed by atoms with van der Waals surface area (Å²) in [4.78, 5) is 39.8. The van der Waals surface area contributed by atoms with Crippen molar-refractivity contribution in [3.63, 3.8) is 0 Å². The van der Waals surface area contributed by atoms with Crippen LogP contribution in [-0.2, 0) is 16.1 Å². The number of rotatable bonds is 7. The lowest BCUT2D eigenvalue weighted by Crippen LogP contribution is -2.45. The second-order valence-electron chi connectivity index (χ2n) is 9.63. The highest BCUT2D eigenvalue weighted by molar-refractivity contribution is 6.30. The van der Waals surface area contributed by atoms with Crippen LogP contribution in [0.2, 0.25) is 5.02 Å². The average molecular weight is 544 g/mol. The molecule has 39 heavy (non-hydrogen) atoms. The maximum Gasteiger partial charge on any atom is 0.328 e. The molecule has 9 heteroatoms. The molecular weight excluding hydrogens is 518 g/mol. The molecule has 0 aliphatic carbocycles. The van der Waals surface area contributed by atoms with Crippen LogP contribution in [0.1, 0.15) is 40.3 Å². The molecular formula is C30H26ClN3O5. The summed E-state index contributed by atoms with van der Waals surface area (Å²) >= 11 is 5.93. The summed E-state index contributed by atoms with van der Waals surface area (Å²) in [7, 11) is 1.33. The molecule has 4 aromatic rings. The first-order chi connectivity index (χ1) is 18.7. The molecule has 0 bridgehead atoms. The van der Waals surface area contributed by atoms with E-state index in [1.807, 2.05) is 44.2 Å². The topological polar surface area (TPSA) is 102 Å². The number of hydrogen-bond acceptors (Lipinski definition) is 6. The maximum absolute atomic E-state index is 13.2. The van der Waals surface area contributed by atoms with Crippen LogP contribution < -0.4 is 5.32 Å². The number of halogens is 1. The average Bonchev–Trinajstić information content (AvgIpc) is 3.55. The van der Waals surface area contributed by atoms with Crippen LogP contribution in [-0.4, -0.2) is 41.0 Å². The molecule has 1 N–H and O–H groups in total. The molecule has 1 atom stereocenters. The van der Waals surface area contributed by atoms with Gasteiger partial charge in [0.15, 0.2) is 0 Å². The van der Waals surface area contributed by atoms with Crippen molar-refractivity contribution in [2.45, 2.75) is 26.4 Å². The van der Waals surface area contributed by atoms with Gasteiger partial charge in [-0.15, -0.1) is 0 Å². The van der Waals surface area contributed by atoms with E-state index in [1.54, 1.807) is 47.4 Å². The van der Waals surface area contributed by atoms with Gasteiger partial charge in [0.2, 0.25) is 5.76 Å². The molecule has 1 aliphatic rings. The highest BCUT2D eigenvalue weighted by atomic mass is 35.5. The number of nitrogens with zero attached hydrogens (tertiary/aromatic N) is 2. The zero-order valence-corrected chi connectivity index (χ0v) is 22.4. The van der Waals surface area contributed by atoms with E-state index in [0.29, 0.717) is 28.5 Å². The minimum Gasteiger partial charge on any atom is -0.467 e. The third kappa shape index (κ3) is 5.28. The van der Waals surface area contributed by atoms with Gasteiger partial charge in [-0.3, -0.25) is 9.59 Å². The summed E-state index contributed by atoms with van der Waals surface area (Å²) in [5.41, 5.74) is 5.06. The van der Waals surface area contributed by atoms with Crippen LogP contribution >= 0.6 is 11.6 Å². The standard InChI is InChI=1S/C30H26ClN3O5/c1-17(2)27(30(37)38-3)34-16-21-5-4-20(14-24(21)29(34)36)18-8-12-23(13-9-18)32-28(35)26-15-25(33-39-26)19-6-10-22(31)11-7-19/h4-15,17,27H,16H2,1-3H3,(H,32,35)/t27-/m0/s1. The van der Waals surface area contributed by atoms with Crippen molar-refractivity contribution in [3.8, 4) is 22.4 Å². The van der Waals surface area contributed by atoms with Crippen molar-refractivity contribution >= 4 is 35.1 Å². The monoisotopic (exact) mass is 543 g/mol. The van der Waals surface area contributed by atoms with Gasteiger partial charge in [-0.2, -0.15) is 0 Å². The van der Waals surface area contributed by atoms with Gasteiger partial charge in [-0.25, -0.2) is 4.79 Å². The molecule has 1 aliphatic heterocycles. The van der Waals surface area contributed by atoms with E-state index in [2.05, 4.69) is 10.5 Å². The van der Waals surface area contributed by atoms with E-state index in [1.165, 1.54) is 7.11 Å². The summed E-state index contributed by atoms with van der Waals surface area (Å²) in [5, 5.41) is 7.38. The van der Waals surface area contributed by atoms with E-state index in [9.17, 15) is 14.4 Å². The Morgan fingerprint density at radius 3 is 2.31 bits per heavy atom. The zero-order chi connectivity index (χ0) is 27.7. The van der Waals surface area contributed by atoms with Crippen LogP contribution in [0, 0.1) is 5.92 Å². The van der Waals surface area contributed by atoms with Gasteiger partial charge < -0.3 is 19.5 Å². The van der Waals surface area contributed by atoms with Crippen molar-refractivity contribution in [1.82, 2.24) is 10.1 Å². The summed E-state index contributed by atoms with van der Waals surface area (Å²) in [6, 6.07) is 21.0. The second kappa shape index (κ2) is 10.7. The predicted octanol–water partition coefficient (Wildman–Crippen LogP) is 6.07. The lowest BCUT2D eigenvalue weighted by molar-refractivity contribution is -0.147. The third-order valence-corrected chi connectivity index (χ3v) is 6.95. The number of fused-ring (bicyclic) bond motifs is 1. The summed E-state index contributed by atoms with van der Waals surface area (Å²) in [6.07, 6.45) is 0. The van der Waals surface area contributed by atoms with Gasteiger partial charge in [0.25, 0.3) is 11.8 Å². The minimum atomic E-state index is -0.645. The normalized spacial score (nSPS) is 13.4. The highest BCUT2D eigenvalue weighted by Gasteiger charge is 2.38. The molecule has 2 amide bonds. The Morgan fingerprint density at radius 1 is 0.974 bits per heavy atom. The van der Waals surface area contributed by atoms with Gasteiger partial charge in [0, 0.05) is 34.4 Å². The van der Waals surface area contributed by atoms with Crippen LogP contribution in [0.15, 0.2) is 77.3 Å². The number of carbonyl (C=O) groups excluding carboxylic acids is 3. The second-order valence-corrected chi connectivity index (χ2v) is 10.1. The number of hydrogen-bond donors (Lipinski definition) is 1. The van der Waals surface area contributed by atoms with Crippen LogP contribution in [0.5, 0.6) is 0 Å². The third-order valence-electron chi connectivity index (χ3n) is 6.70. The fourth-order valence-corrected chi connectivity index (χ4v) is 4.81. The number of nitrogens with one attached hydrogen (secondary N) is 1. The summed E-state index contributed by atoms with van der Waals surface area (Å²) < 4.78 is 10.2. The number of aromatic nitrogens is 1. The zero-order valence-electron chi connectivity index (χ0n) is 21.6. The van der Waals surface area contributed by atoms with Crippen molar-refractivity contribution in [2.75, 3.05) is 12.4 Å². The first-order valence-corrected chi connectivity index (χ1v) is 12.8. The Hall–Kier alpha value is -4.43. The fourth-order valence-electron chi connectivity index (χ4n) is 4.69. The number of carbonyl (C=O) groups is 3. The van der Waals surface area contributed by atoms with Crippen LogP contribution in [0.3, 0.4) is 0 Å². The van der Waals surface area contributed by atoms with E-state index in [4.69, 9.17) is 20.9 Å². The SMILES string of the molecule is COC(=O)[C@H](C(C)C)N1Cc2ccc(-c3ccc(NC(=O)c4cc(-c5ccc(Cl)cc5)no4)cc3)cc2C1=O. The van der Waals surface area contributed by atoms with Crippen molar-refractivity contribution in [2.24, 2.45) is 5.92 Å². The molecule has 0 spiro atoms. The maximum atomic E-state index is 13.2. The van der Waals surface area contributed by atoms with E-state index in [0.717, 1.165) is 22.3 Å². The van der Waals surface area contributed by atoms with Crippen molar-refractivity contribution in [3.05, 3.63) is 94.7 Å². The Labute approximate surface area is 230 Å². The molecule has 198 valence electrons. The Balaban J connectivity index is 1.29. The number of ether oxygens (including phenoxy) is 1. The summed E-state index contributed by atoms with van der Waals surface area (Å²) in [5.74, 6) is -1.04. The van der Waals surface area contributed by atoms with Crippen molar-refractivity contribution < 1.29 is 23.6 Å². The molecule has 0 saturated heterocycles. The number of anilines is 1. The van der Waals surface area contributed by atoms with E-state index < -0.39 is 17.9 Å². The first-order valence-electron chi connectivity index (χ1n) is 12.4. The molecule has 0 saturated carbocycles. The number of esters is 1. The van der Waals surface area contributed by atoms with Crippen LogP contribution in [0.4, 0.5) is 5.69 Å². The number of benzene rings is 3. The van der Waals surface area contributed by atoms with E-state index >= 15 is 0 Å². The molecule has 2 heterocycles. The summed E-state index contributed by atoms with van der Waals surface area (Å²) in [6.45, 7) is 4.15. The predicted molar refractivity (Wildman–Crippen MR) is 147 cm³/mol. The number of amides is 2. The Kier molecular flexibility index (Phi) is 7.21. The highest BCUT2D eigenvalue weighted by Crippen LogP contribution is 2.32. The fraction of sp³-hybridized carbons (Fsp3) is 0.200. The molecule has 8 nitrogen and oxygen atoms in total. The minimum absolute atomic E-state index is 0.0809. The Morgan fingerprint density at radius 2 is 1.64 bits per heavy atom. The van der Waals surface area contributed by atoms with Crippen molar-refractivity contribution in [1.29, 1.82) is 0 Å². The van der Waals surface area contributed by atoms with Gasteiger partial charge in [-0.1, -0.05) is 67.0 Å². The van der Waals surface area contributed by atoms with E-state index in [-0.39, 0.29) is 17.6 Å². The first kappa shape index (κ1) is 26.2. The quantitative estimate of drug-likeness (QED) is 0.284. The van der Waals surface area contributed by atoms with Gasteiger partial charge in [-0.05, 0) is 52.9 Å². The van der Waals surface area contributed by atoms with Gasteiger partial charge >= 0.3 is 5.97 Å². The van der Waals surface area contributed by atoms with Crippen LogP contribution in [0.25, 0.3) is 22.4 Å². The molecule has 0 radical (unpaired) electrons. The largest absolute Gasteiger partial charge is 0.467 e. The smallest absolute Gasteiger partial charge is 0.328 e. The molecule has 1 aromatic heterocycles. The number of methoxy groups -OCH3 is 1. The molecule has 0 unspecified atom stereocenters. The molecule has 5 rings (SSSR count). The van der Waals surface area contributed by atoms with Gasteiger partial charge in [0.1, 0.15) is 11.7 Å². The molecule has 3 aromatic carbocycles. The van der Waals surface area contributed by atoms with Gasteiger partial charge in [0.05, 0.1) is 7.11 Å². The Bertz CT molecular complexity index is 1540. The lowest BCUT2D eigenvalue weighted by Gasteiger charge is -2.28.